The van der Waals surface area contributed by atoms with Crippen LogP contribution in [0.1, 0.15) is 24.0 Å². The zero-order valence-electron chi connectivity index (χ0n) is 10.9. The lowest BCUT2D eigenvalue weighted by Crippen LogP contribution is -2.09. The molecule has 0 saturated carbocycles. The van der Waals surface area contributed by atoms with E-state index in [1.165, 1.54) is 0 Å². The molecule has 1 aliphatic rings. The Morgan fingerprint density at radius 3 is 2.84 bits per heavy atom. The second kappa shape index (κ2) is 5.89. The molecule has 0 aromatic heterocycles. The van der Waals surface area contributed by atoms with Crippen molar-refractivity contribution >= 4 is 23.3 Å². The highest BCUT2D eigenvalue weighted by Crippen LogP contribution is 2.33. The number of phenols is 1. The van der Waals surface area contributed by atoms with Crippen LogP contribution in [0.2, 0.25) is 0 Å². The first-order valence-corrected chi connectivity index (χ1v) is 6.56. The Morgan fingerprint density at radius 1 is 1.47 bits per heavy atom. The normalized spacial score (nSPS) is 16.5. The zero-order chi connectivity index (χ0) is 13.8. The molecular weight excluding hydrogens is 258 g/mol. The second-order valence-electron chi connectivity index (χ2n) is 4.44. The van der Waals surface area contributed by atoms with Crippen LogP contribution in [0.25, 0.3) is 6.08 Å². The molecule has 1 aromatic rings. The summed E-state index contributed by atoms with van der Waals surface area (Å²) in [6.07, 6.45) is 6.22. The fraction of sp³-hybridized carbons (Fsp3) is 0.267. The maximum atomic E-state index is 10.0. The number of benzene rings is 1. The van der Waals surface area contributed by atoms with Gasteiger partial charge in [0.2, 0.25) is 0 Å². The summed E-state index contributed by atoms with van der Waals surface area (Å²) in [6.45, 7) is 3.70. The number of hydrogen-bond acceptors (Lipinski definition) is 3. The molecule has 19 heavy (non-hydrogen) atoms. The van der Waals surface area contributed by atoms with Gasteiger partial charge in [0.1, 0.15) is 0 Å². The summed E-state index contributed by atoms with van der Waals surface area (Å²) in [6, 6.07) is 3.76. The van der Waals surface area contributed by atoms with E-state index in [0.717, 1.165) is 34.7 Å². The molecule has 4 heteroatoms. The lowest BCUT2D eigenvalue weighted by molar-refractivity contribution is 0.371. The van der Waals surface area contributed by atoms with Gasteiger partial charge in [0.05, 0.1) is 12.1 Å². The highest BCUT2D eigenvalue weighted by Gasteiger charge is 2.13. The van der Waals surface area contributed by atoms with Crippen molar-refractivity contribution in [2.24, 2.45) is 0 Å². The van der Waals surface area contributed by atoms with E-state index in [9.17, 15) is 5.11 Å². The van der Waals surface area contributed by atoms with E-state index in [4.69, 9.17) is 17.0 Å². The van der Waals surface area contributed by atoms with Crippen molar-refractivity contribution in [1.82, 2.24) is 5.32 Å². The molecule has 0 aliphatic carbocycles. The van der Waals surface area contributed by atoms with Gasteiger partial charge in [0.15, 0.2) is 11.5 Å². The van der Waals surface area contributed by atoms with Crippen LogP contribution < -0.4 is 10.1 Å². The van der Waals surface area contributed by atoms with E-state index in [-0.39, 0.29) is 5.75 Å². The van der Waals surface area contributed by atoms with Crippen LogP contribution in [0.4, 0.5) is 0 Å². The van der Waals surface area contributed by atoms with Gasteiger partial charge in [-0.2, -0.15) is 0 Å². The Morgan fingerprint density at radius 2 is 2.26 bits per heavy atom. The summed E-state index contributed by atoms with van der Waals surface area (Å²) in [7, 11) is 1.55. The zero-order valence-corrected chi connectivity index (χ0v) is 11.7. The van der Waals surface area contributed by atoms with Gasteiger partial charge in [-0.3, -0.25) is 0 Å². The van der Waals surface area contributed by atoms with Crippen molar-refractivity contribution in [3.63, 3.8) is 0 Å². The lowest BCUT2D eigenvalue weighted by Gasteiger charge is -2.10. The van der Waals surface area contributed by atoms with Crippen molar-refractivity contribution < 1.29 is 9.84 Å². The molecule has 0 radical (unpaired) electrons. The van der Waals surface area contributed by atoms with Crippen LogP contribution in [0.3, 0.4) is 0 Å². The van der Waals surface area contributed by atoms with Gasteiger partial charge < -0.3 is 15.2 Å². The predicted molar refractivity (Wildman–Crippen MR) is 81.5 cm³/mol. The number of allylic oxidation sites excluding steroid dienone is 2. The summed E-state index contributed by atoms with van der Waals surface area (Å²) >= 11 is 5.12. The SMILES string of the molecule is C=CCc1cc(/C=C2\CCC(=S)N2)cc(OC)c1O. The lowest BCUT2D eigenvalue weighted by atomic mass is 10.0. The number of methoxy groups -OCH3 is 1. The Kier molecular flexibility index (Phi) is 4.22. The molecule has 1 fully saturated rings. The predicted octanol–water partition coefficient (Wildman–Crippen LogP) is 3.18. The minimum absolute atomic E-state index is 0.180. The van der Waals surface area contributed by atoms with Crippen LogP contribution in [0.5, 0.6) is 11.5 Å². The molecule has 0 spiro atoms. The molecule has 3 nitrogen and oxygen atoms in total. The number of phenolic OH excluding ortho intramolecular Hbond substituents is 1. The van der Waals surface area contributed by atoms with Gasteiger partial charge in [-0.25, -0.2) is 0 Å². The van der Waals surface area contributed by atoms with E-state index in [1.807, 2.05) is 18.2 Å². The molecule has 0 unspecified atom stereocenters. The first-order valence-electron chi connectivity index (χ1n) is 6.15. The van der Waals surface area contributed by atoms with Crippen molar-refractivity contribution in [2.75, 3.05) is 7.11 Å². The highest BCUT2D eigenvalue weighted by atomic mass is 32.1. The van der Waals surface area contributed by atoms with Gasteiger partial charge >= 0.3 is 0 Å². The summed E-state index contributed by atoms with van der Waals surface area (Å²) < 4.78 is 5.20. The Balaban J connectivity index is 2.37. The third kappa shape index (κ3) is 3.15. The number of ether oxygens (including phenoxy) is 1. The van der Waals surface area contributed by atoms with Crippen LogP contribution in [-0.4, -0.2) is 17.2 Å². The maximum absolute atomic E-state index is 10.0. The molecule has 2 rings (SSSR count). The molecule has 0 bridgehead atoms. The van der Waals surface area contributed by atoms with E-state index >= 15 is 0 Å². The topological polar surface area (TPSA) is 41.5 Å². The first-order chi connectivity index (χ1) is 9.13. The minimum atomic E-state index is 0.180. The van der Waals surface area contributed by atoms with Gasteiger partial charge in [0, 0.05) is 17.7 Å². The van der Waals surface area contributed by atoms with Gasteiger partial charge in [-0.05, 0) is 36.6 Å². The van der Waals surface area contributed by atoms with Gasteiger partial charge in [-0.1, -0.05) is 18.3 Å². The number of aromatic hydroxyl groups is 1. The average Bonchev–Trinajstić information content (AvgIpc) is 2.79. The van der Waals surface area contributed by atoms with Crippen molar-refractivity contribution in [3.05, 3.63) is 41.6 Å². The van der Waals surface area contributed by atoms with Gasteiger partial charge in [-0.15, -0.1) is 6.58 Å². The van der Waals surface area contributed by atoms with Crippen molar-refractivity contribution in [3.8, 4) is 11.5 Å². The number of hydrogen-bond donors (Lipinski definition) is 2. The molecule has 1 saturated heterocycles. The third-order valence-corrected chi connectivity index (χ3v) is 3.33. The van der Waals surface area contributed by atoms with E-state index in [1.54, 1.807) is 13.2 Å². The van der Waals surface area contributed by atoms with Crippen LogP contribution in [0.15, 0.2) is 30.5 Å². The van der Waals surface area contributed by atoms with Crippen LogP contribution in [-0.2, 0) is 6.42 Å². The molecule has 1 aliphatic heterocycles. The van der Waals surface area contributed by atoms with Crippen molar-refractivity contribution in [2.45, 2.75) is 19.3 Å². The second-order valence-corrected chi connectivity index (χ2v) is 4.93. The average molecular weight is 275 g/mol. The molecule has 1 heterocycles. The van der Waals surface area contributed by atoms with E-state index in [0.29, 0.717) is 12.2 Å². The minimum Gasteiger partial charge on any atom is -0.504 e. The Bertz CT molecular complexity index is 549. The van der Waals surface area contributed by atoms with Crippen LogP contribution >= 0.6 is 12.2 Å². The Labute approximate surface area is 118 Å². The third-order valence-electron chi connectivity index (χ3n) is 3.02. The number of thiocarbonyl (C=S) groups is 1. The number of nitrogens with one attached hydrogen (secondary N) is 1. The van der Waals surface area contributed by atoms with E-state index < -0.39 is 0 Å². The largest absolute Gasteiger partial charge is 0.504 e. The molecule has 2 N–H and O–H groups in total. The van der Waals surface area contributed by atoms with Gasteiger partial charge in [0.25, 0.3) is 0 Å². The number of rotatable bonds is 4. The fourth-order valence-electron chi connectivity index (χ4n) is 2.10. The molecular formula is C15H17NO2S. The smallest absolute Gasteiger partial charge is 0.161 e. The van der Waals surface area contributed by atoms with Crippen molar-refractivity contribution in [1.29, 1.82) is 0 Å². The summed E-state index contributed by atoms with van der Waals surface area (Å²) in [5.74, 6) is 0.659. The summed E-state index contributed by atoms with van der Waals surface area (Å²) in [4.78, 5) is 0.878. The standard InChI is InChI=1S/C15H17NO2S/c1-3-4-11-7-10(9-13(18-2)15(11)17)8-12-5-6-14(19)16-12/h3,7-9,17H,1,4-6H2,2H3,(H,16,19)/b12-8+. The van der Waals surface area contributed by atoms with E-state index in [2.05, 4.69) is 11.9 Å². The Hall–Kier alpha value is -1.81. The summed E-state index contributed by atoms with van der Waals surface area (Å²) in [5, 5.41) is 13.2. The summed E-state index contributed by atoms with van der Waals surface area (Å²) in [5.41, 5.74) is 2.89. The first kappa shape index (κ1) is 13.6. The maximum Gasteiger partial charge on any atom is 0.161 e. The molecule has 100 valence electrons. The highest BCUT2D eigenvalue weighted by molar-refractivity contribution is 7.80. The molecule has 0 atom stereocenters. The molecule has 1 aromatic carbocycles. The van der Waals surface area contributed by atoms with Crippen LogP contribution in [0, 0.1) is 0 Å². The quantitative estimate of drug-likeness (QED) is 0.654. The monoisotopic (exact) mass is 275 g/mol. The fourth-order valence-corrected chi connectivity index (χ4v) is 2.33. The molecule has 0 amide bonds.